The largest absolute Gasteiger partial charge is 0.394 e. The van der Waals surface area contributed by atoms with Crippen LogP contribution in [0.1, 0.15) is 29.6 Å². The number of carbonyl (C=O) groups is 1. The van der Waals surface area contributed by atoms with Gasteiger partial charge in [-0.05, 0) is 37.5 Å². The fraction of sp³-hybridized carbons (Fsp3) is 0.417. The molecule has 0 unspecified atom stereocenters. The summed E-state index contributed by atoms with van der Waals surface area (Å²) in [4.78, 5) is 12.1. The van der Waals surface area contributed by atoms with Crippen molar-refractivity contribution in [3.05, 3.63) is 33.3 Å². The van der Waals surface area contributed by atoms with Crippen molar-refractivity contribution in [2.45, 2.75) is 24.8 Å². The second kappa shape index (κ2) is 4.96. The molecule has 0 aromatic heterocycles. The van der Waals surface area contributed by atoms with Gasteiger partial charge in [0, 0.05) is 4.47 Å². The van der Waals surface area contributed by atoms with Gasteiger partial charge in [0.15, 0.2) is 0 Å². The summed E-state index contributed by atoms with van der Waals surface area (Å²) in [5.74, 6) is -0.231. The van der Waals surface area contributed by atoms with Crippen LogP contribution >= 0.6 is 27.5 Å². The molecule has 1 aliphatic carbocycles. The first-order valence-electron chi connectivity index (χ1n) is 5.45. The highest BCUT2D eigenvalue weighted by Gasteiger charge is 2.38. The van der Waals surface area contributed by atoms with Gasteiger partial charge in [-0.3, -0.25) is 4.79 Å². The zero-order valence-electron chi connectivity index (χ0n) is 9.17. The Labute approximate surface area is 113 Å². The number of aliphatic hydroxyl groups excluding tert-OH is 1. The molecule has 1 saturated carbocycles. The van der Waals surface area contributed by atoms with E-state index in [1.54, 1.807) is 18.2 Å². The van der Waals surface area contributed by atoms with Gasteiger partial charge in [0.25, 0.3) is 5.91 Å². The lowest BCUT2D eigenvalue weighted by atomic mass is 9.77. The maximum Gasteiger partial charge on any atom is 0.253 e. The van der Waals surface area contributed by atoms with Crippen LogP contribution in [0.4, 0.5) is 0 Å². The Hall–Kier alpha value is -0.580. The molecule has 5 heteroatoms. The standard InChI is InChI=1S/C12H13BrClNO2/c13-8-2-3-10(14)9(6-8)11(17)15-12(7-16)4-1-5-12/h2-3,6,16H,1,4-5,7H2,(H,15,17). The van der Waals surface area contributed by atoms with Crippen molar-refractivity contribution >= 4 is 33.4 Å². The first kappa shape index (κ1) is 12.9. The highest BCUT2D eigenvalue weighted by atomic mass is 79.9. The summed E-state index contributed by atoms with van der Waals surface area (Å²) in [5, 5.41) is 12.6. The third-order valence-electron chi connectivity index (χ3n) is 3.17. The SMILES string of the molecule is O=C(NC1(CO)CCC1)c1cc(Br)ccc1Cl. The molecule has 1 fully saturated rings. The Morgan fingerprint density at radius 2 is 2.24 bits per heavy atom. The number of aliphatic hydroxyl groups is 1. The van der Waals surface area contributed by atoms with E-state index in [2.05, 4.69) is 21.2 Å². The lowest BCUT2D eigenvalue weighted by Gasteiger charge is -2.41. The molecule has 2 rings (SSSR count). The van der Waals surface area contributed by atoms with E-state index in [4.69, 9.17) is 11.6 Å². The van der Waals surface area contributed by atoms with Gasteiger partial charge < -0.3 is 10.4 Å². The van der Waals surface area contributed by atoms with E-state index in [0.717, 1.165) is 23.7 Å². The van der Waals surface area contributed by atoms with Crippen molar-refractivity contribution in [1.29, 1.82) is 0 Å². The highest BCUT2D eigenvalue weighted by molar-refractivity contribution is 9.10. The van der Waals surface area contributed by atoms with E-state index in [1.165, 1.54) is 0 Å². The summed E-state index contributed by atoms with van der Waals surface area (Å²) in [5.41, 5.74) is -0.0105. The minimum absolute atomic E-state index is 0.0235. The smallest absolute Gasteiger partial charge is 0.253 e. The summed E-state index contributed by atoms with van der Waals surface area (Å²) in [7, 11) is 0. The topological polar surface area (TPSA) is 49.3 Å². The Morgan fingerprint density at radius 1 is 1.53 bits per heavy atom. The van der Waals surface area contributed by atoms with Gasteiger partial charge in [-0.25, -0.2) is 0 Å². The van der Waals surface area contributed by atoms with Crippen LogP contribution in [0.3, 0.4) is 0 Å². The van der Waals surface area contributed by atoms with E-state index < -0.39 is 5.54 Å². The number of benzene rings is 1. The van der Waals surface area contributed by atoms with Gasteiger partial charge in [-0.1, -0.05) is 27.5 Å². The third kappa shape index (κ3) is 2.64. The first-order chi connectivity index (χ1) is 8.06. The monoisotopic (exact) mass is 317 g/mol. The van der Waals surface area contributed by atoms with Crippen molar-refractivity contribution in [2.75, 3.05) is 6.61 Å². The highest BCUT2D eigenvalue weighted by Crippen LogP contribution is 2.32. The number of hydrogen-bond donors (Lipinski definition) is 2. The van der Waals surface area contributed by atoms with Crippen LogP contribution in [0.25, 0.3) is 0 Å². The maximum absolute atomic E-state index is 12.1. The molecule has 1 aromatic rings. The number of carbonyl (C=O) groups excluding carboxylic acids is 1. The molecule has 3 nitrogen and oxygen atoms in total. The van der Waals surface area contributed by atoms with Crippen molar-refractivity contribution in [2.24, 2.45) is 0 Å². The molecule has 2 N–H and O–H groups in total. The summed E-state index contributed by atoms with van der Waals surface area (Å²) < 4.78 is 0.804. The minimum atomic E-state index is -0.442. The average molecular weight is 319 g/mol. The van der Waals surface area contributed by atoms with E-state index in [0.29, 0.717) is 10.6 Å². The van der Waals surface area contributed by atoms with Crippen LogP contribution in [0.5, 0.6) is 0 Å². The number of rotatable bonds is 3. The fourth-order valence-electron chi connectivity index (χ4n) is 1.91. The molecule has 0 saturated heterocycles. The second-order valence-corrected chi connectivity index (χ2v) is 5.69. The Bertz CT molecular complexity index is 441. The predicted octanol–water partition coefficient (Wildman–Crippen LogP) is 2.75. The molecule has 0 atom stereocenters. The molecular formula is C12H13BrClNO2. The van der Waals surface area contributed by atoms with E-state index >= 15 is 0 Å². The van der Waals surface area contributed by atoms with Crippen LogP contribution in [0.15, 0.2) is 22.7 Å². The minimum Gasteiger partial charge on any atom is -0.394 e. The molecule has 0 heterocycles. The van der Waals surface area contributed by atoms with Crippen LogP contribution in [0.2, 0.25) is 5.02 Å². The molecule has 1 amide bonds. The van der Waals surface area contributed by atoms with E-state index in [-0.39, 0.29) is 12.5 Å². The van der Waals surface area contributed by atoms with Gasteiger partial charge in [0.05, 0.1) is 22.7 Å². The van der Waals surface area contributed by atoms with Crippen LogP contribution < -0.4 is 5.32 Å². The molecule has 0 spiro atoms. The van der Waals surface area contributed by atoms with Crippen LogP contribution in [-0.2, 0) is 0 Å². The molecule has 92 valence electrons. The number of amides is 1. The maximum atomic E-state index is 12.1. The van der Waals surface area contributed by atoms with Gasteiger partial charge in [0.2, 0.25) is 0 Å². The Kier molecular flexibility index (Phi) is 3.76. The number of hydrogen-bond acceptors (Lipinski definition) is 2. The zero-order valence-corrected chi connectivity index (χ0v) is 11.5. The Balaban J connectivity index is 2.17. The molecule has 0 radical (unpaired) electrons. The Morgan fingerprint density at radius 3 is 2.76 bits per heavy atom. The van der Waals surface area contributed by atoms with Crippen molar-refractivity contribution in [3.8, 4) is 0 Å². The molecular weight excluding hydrogens is 305 g/mol. The van der Waals surface area contributed by atoms with E-state index in [1.807, 2.05) is 0 Å². The number of nitrogens with one attached hydrogen (secondary N) is 1. The molecule has 1 aliphatic rings. The molecule has 0 aliphatic heterocycles. The lowest BCUT2D eigenvalue weighted by molar-refractivity contribution is 0.0642. The van der Waals surface area contributed by atoms with Crippen molar-refractivity contribution < 1.29 is 9.90 Å². The van der Waals surface area contributed by atoms with Gasteiger partial charge in [0.1, 0.15) is 0 Å². The summed E-state index contributed by atoms with van der Waals surface area (Å²) in [6, 6.07) is 5.14. The molecule has 0 bridgehead atoms. The van der Waals surface area contributed by atoms with Crippen LogP contribution in [0, 0.1) is 0 Å². The quantitative estimate of drug-likeness (QED) is 0.900. The van der Waals surface area contributed by atoms with Crippen LogP contribution in [-0.4, -0.2) is 23.2 Å². The summed E-state index contributed by atoms with van der Waals surface area (Å²) >= 11 is 9.28. The lowest BCUT2D eigenvalue weighted by Crippen LogP contribution is -2.56. The average Bonchev–Trinajstić information content (AvgIpc) is 2.26. The van der Waals surface area contributed by atoms with E-state index in [9.17, 15) is 9.90 Å². The molecule has 17 heavy (non-hydrogen) atoms. The van der Waals surface area contributed by atoms with Crippen molar-refractivity contribution in [3.63, 3.8) is 0 Å². The fourth-order valence-corrected chi connectivity index (χ4v) is 2.47. The molecule has 1 aromatic carbocycles. The van der Waals surface area contributed by atoms with Gasteiger partial charge >= 0.3 is 0 Å². The summed E-state index contributed by atoms with van der Waals surface area (Å²) in [6.07, 6.45) is 2.68. The second-order valence-electron chi connectivity index (χ2n) is 4.37. The predicted molar refractivity (Wildman–Crippen MR) is 70.3 cm³/mol. The van der Waals surface area contributed by atoms with Gasteiger partial charge in [-0.15, -0.1) is 0 Å². The normalized spacial score (nSPS) is 17.4. The van der Waals surface area contributed by atoms with Gasteiger partial charge in [-0.2, -0.15) is 0 Å². The van der Waals surface area contributed by atoms with Crippen molar-refractivity contribution in [1.82, 2.24) is 5.32 Å². The number of halogens is 2. The third-order valence-corrected chi connectivity index (χ3v) is 3.99. The zero-order chi connectivity index (χ0) is 12.5. The summed E-state index contributed by atoms with van der Waals surface area (Å²) in [6.45, 7) is -0.0235. The first-order valence-corrected chi connectivity index (χ1v) is 6.62.